The fourth-order valence-electron chi connectivity index (χ4n) is 5.00. The van der Waals surface area contributed by atoms with Crippen molar-refractivity contribution < 1.29 is 18.7 Å². The summed E-state index contributed by atoms with van der Waals surface area (Å²) >= 11 is 0. The second-order valence-electron chi connectivity index (χ2n) is 10.5. The molecule has 0 saturated carbocycles. The average Bonchev–Trinajstić information content (AvgIpc) is 2.88. The van der Waals surface area contributed by atoms with Crippen molar-refractivity contribution >= 4 is 24.7 Å². The molecule has 1 aromatic heterocycles. The van der Waals surface area contributed by atoms with Crippen molar-refractivity contribution in [2.45, 2.75) is 52.0 Å². The third-order valence-corrected chi connectivity index (χ3v) is 11.8. The summed E-state index contributed by atoms with van der Waals surface area (Å²) < 4.78 is 17.4. The van der Waals surface area contributed by atoms with E-state index >= 15 is 0 Å². The lowest BCUT2D eigenvalue weighted by Crippen LogP contribution is -2.66. The number of hydrogen-bond acceptors (Lipinski definition) is 5. The molecule has 2 aromatic carbocycles. The van der Waals surface area contributed by atoms with E-state index in [-0.39, 0.29) is 16.7 Å². The number of hydrogen-bond donors (Lipinski definition) is 0. The molecule has 1 heterocycles. The molecule has 0 spiro atoms. The van der Waals surface area contributed by atoms with Crippen LogP contribution < -0.4 is 15.1 Å². The summed E-state index contributed by atoms with van der Waals surface area (Å²) in [5.41, 5.74) is 2.82. The Morgan fingerprint density at radius 1 is 1.00 bits per heavy atom. The van der Waals surface area contributed by atoms with Crippen molar-refractivity contribution in [3.63, 3.8) is 0 Å². The lowest BCUT2D eigenvalue weighted by atomic mass is 9.97. The van der Waals surface area contributed by atoms with Crippen LogP contribution in [-0.2, 0) is 9.16 Å². The number of carbonyl (C=O) groups excluding carboxylic acids is 1. The van der Waals surface area contributed by atoms with Crippen molar-refractivity contribution in [3.8, 4) is 5.75 Å². The smallest absolute Gasteiger partial charge is 0.360 e. The van der Waals surface area contributed by atoms with Gasteiger partial charge in [0.05, 0.1) is 20.8 Å². The van der Waals surface area contributed by atoms with Gasteiger partial charge in [0.1, 0.15) is 0 Å². The summed E-state index contributed by atoms with van der Waals surface area (Å²) in [6.45, 7) is 15.6. The number of aryl methyl sites for hydroxylation is 1. The zero-order valence-electron chi connectivity index (χ0n) is 23.1. The van der Waals surface area contributed by atoms with Gasteiger partial charge in [0.2, 0.25) is 0 Å². The maximum atomic E-state index is 12.3. The van der Waals surface area contributed by atoms with Gasteiger partial charge in [-0.05, 0) is 40.4 Å². The Morgan fingerprint density at radius 3 is 2.00 bits per heavy atom. The molecule has 0 amide bonds. The van der Waals surface area contributed by atoms with Crippen molar-refractivity contribution in [2.24, 2.45) is 0 Å². The highest BCUT2D eigenvalue weighted by molar-refractivity contribution is 6.99. The maximum Gasteiger partial charge on any atom is 0.360 e. The zero-order chi connectivity index (χ0) is 27.2. The van der Waals surface area contributed by atoms with E-state index < -0.39 is 14.3 Å². The van der Waals surface area contributed by atoms with Gasteiger partial charge in [-0.25, -0.2) is 9.78 Å². The van der Waals surface area contributed by atoms with E-state index in [0.29, 0.717) is 18.8 Å². The molecule has 0 bridgehead atoms. The van der Waals surface area contributed by atoms with Crippen LogP contribution in [0.1, 0.15) is 61.8 Å². The Bertz CT molecular complexity index is 1180. The number of rotatable bonds is 10. The molecule has 0 radical (unpaired) electrons. The van der Waals surface area contributed by atoms with Crippen LogP contribution in [0.3, 0.4) is 0 Å². The highest BCUT2D eigenvalue weighted by Crippen LogP contribution is 2.37. The summed E-state index contributed by atoms with van der Waals surface area (Å²) in [6.07, 6.45) is 0.678. The van der Waals surface area contributed by atoms with Crippen LogP contribution in [0.5, 0.6) is 5.75 Å². The zero-order valence-corrected chi connectivity index (χ0v) is 24.1. The molecular formula is C31H39NO4Si. The summed E-state index contributed by atoms with van der Waals surface area (Å²) in [6, 6.07) is 23.2. The number of nitrogens with zero attached hydrogens (tertiary/aromatic N) is 1. The number of pyridine rings is 1. The third kappa shape index (κ3) is 6.03. The first-order valence-corrected chi connectivity index (χ1v) is 14.5. The molecule has 0 saturated heterocycles. The van der Waals surface area contributed by atoms with E-state index in [0.717, 1.165) is 16.8 Å². The average molecular weight is 518 g/mol. The number of benzene rings is 2. The van der Waals surface area contributed by atoms with Crippen molar-refractivity contribution in [1.82, 2.24) is 4.98 Å². The van der Waals surface area contributed by atoms with Crippen LogP contribution in [0.25, 0.3) is 0 Å². The van der Waals surface area contributed by atoms with E-state index in [1.165, 1.54) is 24.6 Å². The van der Waals surface area contributed by atoms with Gasteiger partial charge < -0.3 is 13.9 Å². The molecule has 3 aromatic rings. The molecule has 5 nitrogen and oxygen atoms in total. The molecule has 0 aliphatic carbocycles. The minimum absolute atomic E-state index is 0.0308. The molecule has 1 atom stereocenters. The lowest BCUT2D eigenvalue weighted by molar-refractivity contribution is 0.0589. The van der Waals surface area contributed by atoms with Crippen LogP contribution in [-0.4, -0.2) is 40.1 Å². The predicted octanol–water partition coefficient (Wildman–Crippen LogP) is 5.81. The Labute approximate surface area is 222 Å². The van der Waals surface area contributed by atoms with Gasteiger partial charge >= 0.3 is 5.97 Å². The largest absolute Gasteiger partial charge is 0.494 e. The minimum Gasteiger partial charge on any atom is -0.494 e. The number of aromatic nitrogens is 1. The fourth-order valence-corrected chi connectivity index (χ4v) is 9.58. The molecule has 0 N–H and O–H groups in total. The van der Waals surface area contributed by atoms with Gasteiger partial charge in [-0.15, -0.1) is 0 Å². The Morgan fingerprint density at radius 2 is 1.54 bits per heavy atom. The van der Waals surface area contributed by atoms with Crippen LogP contribution in [0.4, 0.5) is 0 Å². The highest BCUT2D eigenvalue weighted by atomic mass is 28.4. The monoisotopic (exact) mass is 517 g/mol. The van der Waals surface area contributed by atoms with Crippen LogP contribution in [0.15, 0.2) is 78.9 Å². The highest BCUT2D eigenvalue weighted by Gasteiger charge is 2.50. The SMILES string of the molecule is C=C(CO[Si](c1ccccc1)(c1ccccc1)C(C)(C)C)CC(C)c1cc(C)c(OC)c(C(=O)OC)n1. The first kappa shape index (κ1) is 28.3. The van der Waals surface area contributed by atoms with E-state index in [9.17, 15) is 4.79 Å². The quantitative estimate of drug-likeness (QED) is 0.193. The van der Waals surface area contributed by atoms with Crippen molar-refractivity contribution in [3.05, 3.63) is 95.8 Å². The van der Waals surface area contributed by atoms with Gasteiger partial charge in [-0.2, -0.15) is 0 Å². The second-order valence-corrected chi connectivity index (χ2v) is 14.9. The third-order valence-electron chi connectivity index (χ3n) is 6.77. The molecular weight excluding hydrogens is 478 g/mol. The number of esters is 1. The van der Waals surface area contributed by atoms with E-state index in [4.69, 9.17) is 13.9 Å². The van der Waals surface area contributed by atoms with Gasteiger partial charge in [-0.1, -0.05) is 101 Å². The molecule has 0 aliphatic rings. The standard InChI is InChI=1S/C31H39NO4Si/c1-22(19-23(2)27-20-24(3)29(34-7)28(32-27)30(33)35-8)21-36-37(31(4,5)6,25-15-11-9-12-16-25)26-17-13-10-14-18-26/h9-18,20,23H,1,19,21H2,2-8H3. The van der Waals surface area contributed by atoms with Crippen LogP contribution in [0, 0.1) is 6.92 Å². The minimum atomic E-state index is -2.65. The Kier molecular flexibility index (Phi) is 9.10. The summed E-state index contributed by atoms with van der Waals surface area (Å²) in [4.78, 5) is 16.9. The summed E-state index contributed by atoms with van der Waals surface area (Å²) in [5, 5.41) is 2.38. The maximum absolute atomic E-state index is 12.3. The predicted molar refractivity (Wildman–Crippen MR) is 153 cm³/mol. The molecule has 0 aliphatic heterocycles. The normalized spacial score (nSPS) is 12.6. The van der Waals surface area contributed by atoms with Crippen LogP contribution in [0.2, 0.25) is 5.04 Å². The molecule has 0 fully saturated rings. The van der Waals surface area contributed by atoms with E-state index in [1.807, 2.05) is 25.1 Å². The van der Waals surface area contributed by atoms with E-state index in [1.54, 1.807) is 0 Å². The number of carbonyl (C=O) groups is 1. The first-order chi connectivity index (χ1) is 17.5. The molecule has 3 rings (SSSR count). The van der Waals surface area contributed by atoms with Gasteiger partial charge in [0, 0.05) is 11.6 Å². The number of methoxy groups -OCH3 is 2. The van der Waals surface area contributed by atoms with Crippen molar-refractivity contribution in [2.75, 3.05) is 20.8 Å². The first-order valence-electron chi connectivity index (χ1n) is 12.6. The second kappa shape index (κ2) is 11.9. The summed E-state index contributed by atoms with van der Waals surface area (Å²) in [7, 11) is 0.231. The summed E-state index contributed by atoms with van der Waals surface area (Å²) in [5.74, 6) is -0.0391. The van der Waals surface area contributed by atoms with Gasteiger partial charge in [0.15, 0.2) is 11.4 Å². The topological polar surface area (TPSA) is 57.7 Å². The van der Waals surface area contributed by atoms with Gasteiger partial charge in [0.25, 0.3) is 8.32 Å². The molecule has 6 heteroatoms. The molecule has 196 valence electrons. The van der Waals surface area contributed by atoms with Gasteiger partial charge in [-0.3, -0.25) is 0 Å². The van der Waals surface area contributed by atoms with Crippen LogP contribution >= 0.6 is 0 Å². The van der Waals surface area contributed by atoms with Crippen molar-refractivity contribution in [1.29, 1.82) is 0 Å². The van der Waals surface area contributed by atoms with E-state index in [2.05, 4.69) is 87.8 Å². The number of ether oxygens (including phenoxy) is 2. The molecule has 37 heavy (non-hydrogen) atoms. The molecule has 1 unspecified atom stereocenters. The fraction of sp³-hybridized carbons (Fsp3) is 0.355. The Balaban J connectivity index is 1.89. The lowest BCUT2D eigenvalue weighted by Gasteiger charge is -2.43. The Hall–Kier alpha value is -3.22.